The number of hydrogen-bond donors (Lipinski definition) is 0. The lowest BCUT2D eigenvalue weighted by Gasteiger charge is -2.17. The molecule has 2 aromatic heterocycles. The molecule has 1 aliphatic rings. The van der Waals surface area contributed by atoms with Crippen LogP contribution in [0.2, 0.25) is 0 Å². The summed E-state index contributed by atoms with van der Waals surface area (Å²) in [4.78, 5) is 45.4. The van der Waals surface area contributed by atoms with Crippen LogP contribution in [0.1, 0.15) is 32.1 Å². The van der Waals surface area contributed by atoms with Crippen LogP contribution in [0, 0.1) is 6.92 Å². The number of imide groups is 1. The predicted octanol–water partition coefficient (Wildman–Crippen LogP) is 3.42. The molecule has 5 aromatic rings. The van der Waals surface area contributed by atoms with Gasteiger partial charge in [0.25, 0.3) is 17.4 Å². The van der Waals surface area contributed by atoms with Crippen molar-refractivity contribution in [1.29, 1.82) is 0 Å². The predicted molar refractivity (Wildman–Crippen MR) is 132 cm³/mol. The summed E-state index contributed by atoms with van der Waals surface area (Å²) in [6.45, 7) is 2.06. The first-order valence-corrected chi connectivity index (χ1v) is 11.3. The van der Waals surface area contributed by atoms with Gasteiger partial charge in [-0.15, -0.1) is 0 Å². The fraction of sp³-hybridized carbons (Fsp3) is 0.148. The molecule has 0 N–H and O–H groups in total. The Morgan fingerprint density at radius 2 is 1.63 bits per heavy atom. The maximum absolute atomic E-state index is 13.7. The number of benzene rings is 3. The standard InChI is InChI=1S/C27H21N5O3/c1-16-7-9-21-22(13-16)29-24(11-12-31-25(33)19-5-3-4-6-20(19)26(31)34)32(27(21)35)18-8-10-23-17(14-18)15-28-30(23)2/h3-10,13-15H,11-12H2,1-2H3/i2-1. The molecule has 1 aliphatic heterocycles. The summed E-state index contributed by atoms with van der Waals surface area (Å²) in [6.07, 6.45) is 1.98. The molecular weight excluding hydrogens is 441 g/mol. The van der Waals surface area contributed by atoms with Crippen molar-refractivity contribution in [2.75, 3.05) is 6.54 Å². The summed E-state index contributed by atoms with van der Waals surface area (Å²) in [7, 11) is 1.86. The average Bonchev–Trinajstić information content (AvgIpc) is 3.34. The van der Waals surface area contributed by atoms with E-state index in [1.807, 2.05) is 44.3 Å². The molecule has 3 heterocycles. The lowest BCUT2D eigenvalue weighted by Crippen LogP contribution is -2.33. The molecule has 0 fully saturated rings. The van der Waals surface area contributed by atoms with Crippen LogP contribution in [-0.2, 0) is 13.5 Å². The van der Waals surface area contributed by atoms with Gasteiger partial charge >= 0.3 is 0 Å². The van der Waals surface area contributed by atoms with Crippen molar-refractivity contribution in [2.24, 2.45) is 7.05 Å². The van der Waals surface area contributed by atoms with E-state index in [2.05, 4.69) is 5.10 Å². The van der Waals surface area contributed by atoms with Crippen LogP contribution in [0.3, 0.4) is 0 Å². The summed E-state index contributed by atoms with van der Waals surface area (Å²) in [5.41, 5.74) is 3.78. The van der Waals surface area contributed by atoms with Gasteiger partial charge in [0, 0.05) is 25.4 Å². The van der Waals surface area contributed by atoms with E-state index in [0.29, 0.717) is 33.5 Å². The molecule has 0 unspecified atom stereocenters. The molecule has 0 saturated carbocycles. The fourth-order valence-corrected chi connectivity index (χ4v) is 4.72. The molecule has 0 atom stereocenters. The van der Waals surface area contributed by atoms with Gasteiger partial charge in [0.05, 0.1) is 39.4 Å². The van der Waals surface area contributed by atoms with E-state index in [0.717, 1.165) is 16.5 Å². The SMILES string of the molecule is Cc1ccc2c(=O)n(-c3ccc4c(cnn4[11CH3])c3)c(CCN3C(=O)c4ccccc4C3=O)nc2c1. The monoisotopic (exact) mass is 462 g/mol. The molecule has 35 heavy (non-hydrogen) atoms. The highest BCUT2D eigenvalue weighted by Crippen LogP contribution is 2.24. The minimum Gasteiger partial charge on any atom is -0.274 e. The molecule has 3 aromatic carbocycles. The van der Waals surface area contributed by atoms with Crippen molar-refractivity contribution < 1.29 is 9.59 Å². The van der Waals surface area contributed by atoms with Crippen LogP contribution >= 0.6 is 0 Å². The number of nitrogens with zero attached hydrogens (tertiary/aromatic N) is 5. The molecule has 0 spiro atoms. The number of aromatic nitrogens is 4. The number of carbonyl (C=O) groups excluding carboxylic acids is 2. The molecule has 0 saturated heterocycles. The van der Waals surface area contributed by atoms with E-state index in [1.165, 1.54) is 4.90 Å². The van der Waals surface area contributed by atoms with Crippen molar-refractivity contribution in [2.45, 2.75) is 13.3 Å². The number of amides is 2. The van der Waals surface area contributed by atoms with Crippen LogP contribution in [0.15, 0.2) is 71.7 Å². The van der Waals surface area contributed by atoms with Gasteiger partial charge in [-0.1, -0.05) is 18.2 Å². The molecule has 172 valence electrons. The zero-order chi connectivity index (χ0) is 24.3. The Morgan fingerprint density at radius 1 is 0.886 bits per heavy atom. The van der Waals surface area contributed by atoms with Gasteiger partial charge in [-0.05, 0) is 55.0 Å². The number of fused-ring (bicyclic) bond motifs is 3. The van der Waals surface area contributed by atoms with Gasteiger partial charge in [-0.25, -0.2) is 4.98 Å². The Kier molecular flexibility index (Phi) is 4.63. The second-order valence-corrected chi connectivity index (χ2v) is 8.76. The Bertz CT molecular complexity index is 1710. The van der Waals surface area contributed by atoms with E-state index < -0.39 is 0 Å². The van der Waals surface area contributed by atoms with Crippen LogP contribution in [0.4, 0.5) is 0 Å². The maximum atomic E-state index is 13.7. The lowest BCUT2D eigenvalue weighted by atomic mass is 10.1. The zero-order valence-corrected chi connectivity index (χ0v) is 19.2. The van der Waals surface area contributed by atoms with Gasteiger partial charge < -0.3 is 0 Å². The van der Waals surface area contributed by atoms with Crippen molar-refractivity contribution in [3.8, 4) is 5.69 Å². The minimum absolute atomic E-state index is 0.116. The largest absolute Gasteiger partial charge is 0.274 e. The second-order valence-electron chi connectivity index (χ2n) is 8.76. The van der Waals surface area contributed by atoms with Crippen molar-refractivity contribution in [3.63, 3.8) is 0 Å². The summed E-state index contributed by atoms with van der Waals surface area (Å²) < 4.78 is 3.34. The fourth-order valence-electron chi connectivity index (χ4n) is 4.72. The molecule has 0 bridgehead atoms. The van der Waals surface area contributed by atoms with E-state index in [4.69, 9.17) is 4.98 Å². The van der Waals surface area contributed by atoms with E-state index >= 15 is 0 Å². The van der Waals surface area contributed by atoms with Gasteiger partial charge in [-0.2, -0.15) is 5.10 Å². The third kappa shape index (κ3) is 3.25. The lowest BCUT2D eigenvalue weighted by molar-refractivity contribution is 0.0655. The van der Waals surface area contributed by atoms with Crippen LogP contribution in [0.5, 0.6) is 0 Å². The first kappa shape index (κ1) is 21.0. The van der Waals surface area contributed by atoms with Crippen molar-refractivity contribution in [1.82, 2.24) is 24.2 Å². The first-order chi connectivity index (χ1) is 16.9. The summed E-state index contributed by atoms with van der Waals surface area (Å²) in [5, 5.41) is 5.69. The molecular formula is C27H21N5O3. The molecule has 8 nitrogen and oxygen atoms in total. The van der Waals surface area contributed by atoms with Crippen molar-refractivity contribution >= 4 is 33.6 Å². The van der Waals surface area contributed by atoms with Crippen LogP contribution in [-0.4, -0.2) is 42.6 Å². The van der Waals surface area contributed by atoms with Crippen molar-refractivity contribution in [3.05, 3.63) is 99.7 Å². The number of rotatable bonds is 4. The van der Waals surface area contributed by atoms with Gasteiger partial charge in [0.1, 0.15) is 5.82 Å². The van der Waals surface area contributed by atoms with Gasteiger partial charge in [0.2, 0.25) is 0 Å². The normalized spacial score (nSPS) is 13.3. The quantitative estimate of drug-likeness (QED) is 0.382. The highest BCUT2D eigenvalue weighted by molar-refractivity contribution is 6.21. The van der Waals surface area contributed by atoms with E-state index in [1.54, 1.807) is 45.8 Å². The number of carbonyl (C=O) groups is 2. The molecule has 6 rings (SSSR count). The zero-order valence-electron chi connectivity index (χ0n) is 19.2. The smallest absolute Gasteiger partial charge is 0.265 e. The summed E-state index contributed by atoms with van der Waals surface area (Å²) in [6, 6.07) is 18.0. The summed E-state index contributed by atoms with van der Waals surface area (Å²) in [5.74, 6) is -0.172. The Hall–Kier alpha value is -4.59. The van der Waals surface area contributed by atoms with Crippen LogP contribution in [0.25, 0.3) is 27.5 Å². The Morgan fingerprint density at radius 3 is 2.37 bits per heavy atom. The first-order valence-electron chi connectivity index (χ1n) is 11.3. The molecule has 0 aliphatic carbocycles. The van der Waals surface area contributed by atoms with Gasteiger partial charge in [0.15, 0.2) is 0 Å². The van der Waals surface area contributed by atoms with Crippen LogP contribution < -0.4 is 5.56 Å². The third-order valence-corrected chi connectivity index (χ3v) is 6.52. The Balaban J connectivity index is 1.46. The molecule has 0 radical (unpaired) electrons. The summed E-state index contributed by atoms with van der Waals surface area (Å²) >= 11 is 0. The number of aryl methyl sites for hydroxylation is 2. The average molecular weight is 462 g/mol. The highest BCUT2D eigenvalue weighted by Gasteiger charge is 2.35. The van der Waals surface area contributed by atoms with E-state index in [-0.39, 0.29) is 30.3 Å². The molecule has 8 heteroatoms. The minimum atomic E-state index is -0.326. The Labute approximate surface area is 200 Å². The topological polar surface area (TPSA) is 90.1 Å². The number of hydrogen-bond acceptors (Lipinski definition) is 5. The van der Waals surface area contributed by atoms with Gasteiger partial charge in [-0.3, -0.25) is 28.5 Å². The van der Waals surface area contributed by atoms with E-state index in [9.17, 15) is 14.4 Å². The maximum Gasteiger partial charge on any atom is 0.265 e. The highest BCUT2D eigenvalue weighted by atomic mass is 16.2. The second kappa shape index (κ2) is 7.73. The third-order valence-electron chi connectivity index (χ3n) is 6.52. The molecule has 2 amide bonds.